The number of nitrogens with zero attached hydrogens (tertiary/aromatic N) is 1. The zero-order valence-corrected chi connectivity index (χ0v) is 12.4. The van der Waals surface area contributed by atoms with E-state index in [1.807, 2.05) is 13.8 Å². The predicted octanol–water partition coefficient (Wildman–Crippen LogP) is 3.83. The van der Waals surface area contributed by atoms with Crippen molar-refractivity contribution in [2.75, 3.05) is 11.1 Å². The van der Waals surface area contributed by atoms with E-state index >= 15 is 0 Å². The molecule has 21 heavy (non-hydrogen) atoms. The largest absolute Gasteiger partial charge is 0.384 e. The van der Waals surface area contributed by atoms with E-state index in [1.54, 1.807) is 6.07 Å². The van der Waals surface area contributed by atoms with Crippen LogP contribution in [0.1, 0.15) is 35.8 Å². The molecule has 4 nitrogen and oxygen atoms in total. The number of amides is 1. The number of benzene rings is 1. The highest BCUT2D eigenvalue weighted by Crippen LogP contribution is 2.24. The Bertz CT molecular complexity index is 689. The number of nitrogens with two attached hydrogens (primary N) is 1. The molecule has 0 aliphatic heterocycles. The number of nitrogens with one attached hydrogen (secondary N) is 1. The van der Waals surface area contributed by atoms with Crippen molar-refractivity contribution in [3.63, 3.8) is 0 Å². The normalized spacial score (nSPS) is 10.7. The molecule has 1 aromatic carbocycles. The molecule has 6 heteroatoms. The lowest BCUT2D eigenvalue weighted by atomic mass is 10.1. The molecular formula is C15H15ClFN3O. The average molecular weight is 308 g/mol. The van der Waals surface area contributed by atoms with Crippen LogP contribution in [0, 0.1) is 5.82 Å². The molecule has 0 aliphatic carbocycles. The van der Waals surface area contributed by atoms with Crippen molar-refractivity contribution in [3.8, 4) is 0 Å². The van der Waals surface area contributed by atoms with Gasteiger partial charge in [-0.05, 0) is 36.2 Å². The van der Waals surface area contributed by atoms with Gasteiger partial charge in [-0.15, -0.1) is 0 Å². The van der Waals surface area contributed by atoms with E-state index in [4.69, 9.17) is 17.3 Å². The van der Waals surface area contributed by atoms with Crippen LogP contribution in [0.4, 0.5) is 15.9 Å². The van der Waals surface area contributed by atoms with Crippen molar-refractivity contribution in [1.82, 2.24) is 4.98 Å². The van der Waals surface area contributed by atoms with Gasteiger partial charge in [0.1, 0.15) is 11.6 Å². The van der Waals surface area contributed by atoms with Gasteiger partial charge in [0.2, 0.25) is 0 Å². The molecule has 0 fully saturated rings. The highest BCUT2D eigenvalue weighted by atomic mass is 35.5. The predicted molar refractivity (Wildman–Crippen MR) is 82.1 cm³/mol. The molecule has 0 spiro atoms. The first-order chi connectivity index (χ1) is 9.86. The number of aromatic nitrogens is 1. The summed E-state index contributed by atoms with van der Waals surface area (Å²) in [5.41, 5.74) is 6.98. The molecule has 1 aromatic heterocycles. The van der Waals surface area contributed by atoms with E-state index in [9.17, 15) is 9.18 Å². The van der Waals surface area contributed by atoms with E-state index in [2.05, 4.69) is 10.3 Å². The molecule has 0 saturated carbocycles. The van der Waals surface area contributed by atoms with Crippen LogP contribution < -0.4 is 11.1 Å². The second-order valence-corrected chi connectivity index (χ2v) is 5.35. The third-order valence-electron chi connectivity index (χ3n) is 2.90. The number of hydrogen-bond donors (Lipinski definition) is 2. The number of carbonyl (C=O) groups is 1. The Labute approximate surface area is 127 Å². The van der Waals surface area contributed by atoms with Crippen molar-refractivity contribution in [2.24, 2.45) is 0 Å². The monoisotopic (exact) mass is 307 g/mol. The summed E-state index contributed by atoms with van der Waals surface area (Å²) in [6.45, 7) is 3.90. The Morgan fingerprint density at radius 1 is 1.33 bits per heavy atom. The third kappa shape index (κ3) is 3.70. The van der Waals surface area contributed by atoms with Crippen LogP contribution in [-0.2, 0) is 0 Å². The Morgan fingerprint density at radius 3 is 2.71 bits per heavy atom. The molecule has 0 radical (unpaired) electrons. The molecule has 0 bridgehead atoms. The first kappa shape index (κ1) is 15.3. The molecule has 110 valence electrons. The Hall–Kier alpha value is -2.14. The quantitative estimate of drug-likeness (QED) is 0.905. The summed E-state index contributed by atoms with van der Waals surface area (Å²) in [6, 6.07) is 6.89. The lowest BCUT2D eigenvalue weighted by molar-refractivity contribution is 0.102. The van der Waals surface area contributed by atoms with Gasteiger partial charge < -0.3 is 11.1 Å². The third-order valence-corrected chi connectivity index (χ3v) is 3.22. The zero-order chi connectivity index (χ0) is 15.6. The van der Waals surface area contributed by atoms with Gasteiger partial charge in [0, 0.05) is 11.3 Å². The standard InChI is InChI=1S/C15H15ClFN3O/c1-8(2)12-5-9(6-14(18)19-12)15(21)20-13-7-10(17)3-4-11(13)16/h3-8H,1-2H3,(H2,18,19)(H,20,21). The minimum absolute atomic E-state index is 0.137. The van der Waals surface area contributed by atoms with E-state index in [0.717, 1.165) is 6.07 Å². The van der Waals surface area contributed by atoms with Crippen molar-refractivity contribution in [2.45, 2.75) is 19.8 Å². The van der Waals surface area contributed by atoms with E-state index in [0.29, 0.717) is 11.3 Å². The summed E-state index contributed by atoms with van der Waals surface area (Å²) >= 11 is 5.92. The van der Waals surface area contributed by atoms with Crippen molar-refractivity contribution in [3.05, 3.63) is 52.4 Å². The van der Waals surface area contributed by atoms with Gasteiger partial charge >= 0.3 is 0 Å². The molecule has 1 heterocycles. The lowest BCUT2D eigenvalue weighted by Gasteiger charge is -2.10. The maximum Gasteiger partial charge on any atom is 0.255 e. The van der Waals surface area contributed by atoms with Crippen molar-refractivity contribution < 1.29 is 9.18 Å². The van der Waals surface area contributed by atoms with Crippen LogP contribution >= 0.6 is 11.6 Å². The summed E-state index contributed by atoms with van der Waals surface area (Å²) in [4.78, 5) is 16.4. The SMILES string of the molecule is CC(C)c1cc(C(=O)Nc2cc(F)ccc2Cl)cc(N)n1. The summed E-state index contributed by atoms with van der Waals surface area (Å²) in [6.07, 6.45) is 0. The molecular weight excluding hydrogens is 293 g/mol. The molecule has 0 saturated heterocycles. The number of nitrogen functional groups attached to an aromatic ring is 1. The highest BCUT2D eigenvalue weighted by molar-refractivity contribution is 6.33. The van der Waals surface area contributed by atoms with Crippen LogP contribution in [0.5, 0.6) is 0 Å². The molecule has 0 aliphatic rings. The molecule has 2 rings (SSSR count). The smallest absolute Gasteiger partial charge is 0.255 e. The van der Waals surface area contributed by atoms with Crippen LogP contribution in [0.15, 0.2) is 30.3 Å². The summed E-state index contributed by atoms with van der Waals surface area (Å²) < 4.78 is 13.2. The van der Waals surface area contributed by atoms with Crippen molar-refractivity contribution in [1.29, 1.82) is 0 Å². The van der Waals surface area contributed by atoms with Crippen molar-refractivity contribution >= 4 is 29.0 Å². The van der Waals surface area contributed by atoms with Crippen LogP contribution in [0.3, 0.4) is 0 Å². The van der Waals surface area contributed by atoms with Gasteiger partial charge in [-0.1, -0.05) is 25.4 Å². The van der Waals surface area contributed by atoms with Crippen LogP contribution in [-0.4, -0.2) is 10.9 Å². The molecule has 1 amide bonds. The summed E-state index contributed by atoms with van der Waals surface area (Å²) in [5.74, 6) is -0.500. The lowest BCUT2D eigenvalue weighted by Crippen LogP contribution is -2.14. The van der Waals surface area contributed by atoms with Gasteiger partial charge in [0.25, 0.3) is 5.91 Å². The molecule has 2 aromatic rings. The number of anilines is 2. The minimum Gasteiger partial charge on any atom is -0.384 e. The van der Waals surface area contributed by atoms with Crippen LogP contribution in [0.25, 0.3) is 0 Å². The number of rotatable bonds is 3. The first-order valence-electron chi connectivity index (χ1n) is 6.40. The second-order valence-electron chi connectivity index (χ2n) is 4.94. The zero-order valence-electron chi connectivity index (χ0n) is 11.7. The number of carbonyl (C=O) groups excluding carboxylic acids is 1. The summed E-state index contributed by atoms with van der Waals surface area (Å²) in [5, 5.41) is 2.83. The highest BCUT2D eigenvalue weighted by Gasteiger charge is 2.13. The van der Waals surface area contributed by atoms with E-state index in [1.165, 1.54) is 18.2 Å². The fourth-order valence-electron chi connectivity index (χ4n) is 1.79. The molecule has 3 N–H and O–H groups in total. The van der Waals surface area contributed by atoms with E-state index in [-0.39, 0.29) is 22.4 Å². The number of halogens is 2. The Kier molecular flexibility index (Phi) is 4.43. The number of hydrogen-bond acceptors (Lipinski definition) is 3. The molecule has 0 unspecified atom stereocenters. The van der Waals surface area contributed by atoms with Gasteiger partial charge in [0.15, 0.2) is 0 Å². The second kappa shape index (κ2) is 6.10. The first-order valence-corrected chi connectivity index (χ1v) is 6.78. The van der Waals surface area contributed by atoms with Gasteiger partial charge in [-0.25, -0.2) is 9.37 Å². The van der Waals surface area contributed by atoms with E-state index < -0.39 is 11.7 Å². The Balaban J connectivity index is 2.30. The van der Waals surface area contributed by atoms with Gasteiger partial charge in [-0.3, -0.25) is 4.79 Å². The number of pyridine rings is 1. The van der Waals surface area contributed by atoms with Gasteiger partial charge in [-0.2, -0.15) is 0 Å². The summed E-state index contributed by atoms with van der Waals surface area (Å²) in [7, 11) is 0. The molecule has 0 atom stereocenters. The van der Waals surface area contributed by atoms with Crippen LogP contribution in [0.2, 0.25) is 5.02 Å². The fourth-order valence-corrected chi connectivity index (χ4v) is 1.95. The topological polar surface area (TPSA) is 68.0 Å². The fraction of sp³-hybridized carbons (Fsp3) is 0.200. The minimum atomic E-state index is -0.480. The Morgan fingerprint density at radius 2 is 2.05 bits per heavy atom. The maximum atomic E-state index is 13.2. The average Bonchev–Trinajstić information content (AvgIpc) is 2.42. The van der Waals surface area contributed by atoms with Gasteiger partial charge in [0.05, 0.1) is 10.7 Å². The maximum absolute atomic E-state index is 13.2.